The predicted octanol–water partition coefficient (Wildman–Crippen LogP) is 2.99. The molecule has 1 aromatic heterocycles. The van der Waals surface area contributed by atoms with Crippen LogP contribution in [0.5, 0.6) is 0 Å². The van der Waals surface area contributed by atoms with Gasteiger partial charge in [0.05, 0.1) is 17.0 Å². The second-order valence-electron chi connectivity index (χ2n) is 2.45. The molecule has 0 saturated carbocycles. The van der Waals surface area contributed by atoms with Crippen molar-refractivity contribution in [1.29, 1.82) is 5.26 Å². The first-order valence-corrected chi connectivity index (χ1v) is 4.35. The van der Waals surface area contributed by atoms with Crippen molar-refractivity contribution in [2.45, 2.75) is 12.8 Å². The standard InChI is InChI=1S/C8H4BrF3N2/c9-6-4(1-2-13)3-5(7(10)11)14-8(6)12/h3,7H,1H2. The Morgan fingerprint density at radius 1 is 1.57 bits per heavy atom. The van der Waals surface area contributed by atoms with Crippen molar-refractivity contribution in [3.63, 3.8) is 0 Å². The minimum atomic E-state index is -2.84. The maximum absolute atomic E-state index is 12.9. The molecule has 0 radical (unpaired) electrons. The largest absolute Gasteiger partial charge is 0.280 e. The lowest BCUT2D eigenvalue weighted by Crippen LogP contribution is -1.99. The fourth-order valence-electron chi connectivity index (χ4n) is 0.895. The summed E-state index contributed by atoms with van der Waals surface area (Å²) in [4.78, 5) is 3.04. The summed E-state index contributed by atoms with van der Waals surface area (Å²) in [5.41, 5.74) is -0.480. The van der Waals surface area contributed by atoms with Crippen molar-refractivity contribution in [3.05, 3.63) is 27.7 Å². The number of pyridine rings is 1. The van der Waals surface area contributed by atoms with E-state index in [1.54, 1.807) is 6.07 Å². The summed E-state index contributed by atoms with van der Waals surface area (Å²) in [5, 5.41) is 8.36. The molecule has 6 heteroatoms. The Kier molecular flexibility index (Phi) is 3.47. The molecule has 0 N–H and O–H groups in total. The zero-order chi connectivity index (χ0) is 10.7. The molecule has 0 aliphatic rings. The summed E-state index contributed by atoms with van der Waals surface area (Å²) >= 11 is 2.83. The van der Waals surface area contributed by atoms with Crippen molar-refractivity contribution < 1.29 is 13.2 Å². The van der Waals surface area contributed by atoms with Crippen molar-refractivity contribution in [2.24, 2.45) is 0 Å². The van der Waals surface area contributed by atoms with Gasteiger partial charge in [-0.05, 0) is 27.6 Å². The fourth-order valence-corrected chi connectivity index (χ4v) is 1.24. The van der Waals surface area contributed by atoms with Crippen LogP contribution in [0.3, 0.4) is 0 Å². The second-order valence-corrected chi connectivity index (χ2v) is 3.24. The topological polar surface area (TPSA) is 36.7 Å². The van der Waals surface area contributed by atoms with E-state index >= 15 is 0 Å². The van der Waals surface area contributed by atoms with Crippen LogP contribution in [-0.4, -0.2) is 4.98 Å². The van der Waals surface area contributed by atoms with Gasteiger partial charge < -0.3 is 0 Å². The van der Waals surface area contributed by atoms with Crippen LogP contribution >= 0.6 is 15.9 Å². The molecule has 0 amide bonds. The van der Waals surface area contributed by atoms with Gasteiger partial charge in [0.2, 0.25) is 5.95 Å². The highest BCUT2D eigenvalue weighted by Gasteiger charge is 2.15. The summed E-state index contributed by atoms with van der Waals surface area (Å²) in [6.07, 6.45) is -2.98. The number of alkyl halides is 2. The van der Waals surface area contributed by atoms with Crippen LogP contribution in [-0.2, 0) is 6.42 Å². The van der Waals surface area contributed by atoms with Crippen molar-refractivity contribution in [2.75, 3.05) is 0 Å². The molecule has 0 spiro atoms. The molecule has 0 aliphatic heterocycles. The minimum Gasteiger partial charge on any atom is -0.218 e. The highest BCUT2D eigenvalue weighted by Crippen LogP contribution is 2.25. The van der Waals surface area contributed by atoms with Gasteiger partial charge in [-0.1, -0.05) is 0 Å². The van der Waals surface area contributed by atoms with Crippen LogP contribution in [0, 0.1) is 17.3 Å². The monoisotopic (exact) mass is 264 g/mol. The third-order valence-corrected chi connectivity index (χ3v) is 2.34. The van der Waals surface area contributed by atoms with E-state index in [1.165, 1.54) is 0 Å². The molecule has 0 fully saturated rings. The molecule has 1 aromatic rings. The second kappa shape index (κ2) is 4.42. The predicted molar refractivity (Wildman–Crippen MR) is 46.2 cm³/mol. The Morgan fingerprint density at radius 2 is 2.21 bits per heavy atom. The Balaban J connectivity index is 3.22. The number of halogens is 4. The average Bonchev–Trinajstić information content (AvgIpc) is 2.12. The fraction of sp³-hybridized carbons (Fsp3) is 0.250. The van der Waals surface area contributed by atoms with Crippen LogP contribution in [0.2, 0.25) is 0 Å². The van der Waals surface area contributed by atoms with Crippen LogP contribution in [0.25, 0.3) is 0 Å². The zero-order valence-corrected chi connectivity index (χ0v) is 8.35. The van der Waals surface area contributed by atoms with Crippen LogP contribution in [0.4, 0.5) is 13.2 Å². The summed E-state index contributed by atoms with van der Waals surface area (Å²) in [6, 6.07) is 2.76. The molecule has 14 heavy (non-hydrogen) atoms. The zero-order valence-electron chi connectivity index (χ0n) is 6.77. The van der Waals surface area contributed by atoms with Gasteiger partial charge in [0, 0.05) is 0 Å². The van der Waals surface area contributed by atoms with E-state index in [1.807, 2.05) is 0 Å². The lowest BCUT2D eigenvalue weighted by molar-refractivity contribution is 0.144. The molecule has 0 unspecified atom stereocenters. The molecule has 1 rings (SSSR count). The van der Waals surface area contributed by atoms with E-state index in [0.29, 0.717) is 0 Å². The molecule has 1 heterocycles. The normalized spacial score (nSPS) is 10.3. The molecule has 0 bridgehead atoms. The van der Waals surface area contributed by atoms with Crippen LogP contribution in [0.15, 0.2) is 10.5 Å². The number of rotatable bonds is 2. The molecule has 0 atom stereocenters. The summed E-state index contributed by atoms with van der Waals surface area (Å²) in [5.74, 6) is -1.02. The molecule has 2 nitrogen and oxygen atoms in total. The van der Waals surface area contributed by atoms with Gasteiger partial charge in [0.1, 0.15) is 5.69 Å². The van der Waals surface area contributed by atoms with Crippen molar-refractivity contribution in [3.8, 4) is 6.07 Å². The first-order valence-electron chi connectivity index (χ1n) is 3.56. The van der Waals surface area contributed by atoms with Gasteiger partial charge in [0.15, 0.2) is 0 Å². The summed E-state index contributed by atoms with van der Waals surface area (Å²) in [6.45, 7) is 0. The van der Waals surface area contributed by atoms with Crippen molar-refractivity contribution >= 4 is 15.9 Å². The highest BCUT2D eigenvalue weighted by atomic mass is 79.9. The van der Waals surface area contributed by atoms with E-state index in [2.05, 4.69) is 20.9 Å². The van der Waals surface area contributed by atoms with Crippen LogP contribution in [0.1, 0.15) is 17.7 Å². The molecule has 0 aromatic carbocycles. The van der Waals surface area contributed by atoms with E-state index < -0.39 is 18.1 Å². The highest BCUT2D eigenvalue weighted by molar-refractivity contribution is 9.10. The molecular weight excluding hydrogens is 261 g/mol. The Bertz CT molecular complexity index is 387. The Labute approximate surface area is 86.5 Å². The SMILES string of the molecule is N#CCc1cc(C(F)F)nc(F)c1Br. The maximum Gasteiger partial charge on any atom is 0.280 e. The summed E-state index contributed by atoms with van der Waals surface area (Å²) in [7, 11) is 0. The smallest absolute Gasteiger partial charge is 0.218 e. The van der Waals surface area contributed by atoms with Gasteiger partial charge in [-0.15, -0.1) is 0 Å². The number of nitrogens with zero attached hydrogens (tertiary/aromatic N) is 2. The maximum atomic E-state index is 12.9. The van der Waals surface area contributed by atoms with E-state index in [0.717, 1.165) is 6.07 Å². The van der Waals surface area contributed by atoms with Crippen molar-refractivity contribution in [1.82, 2.24) is 4.98 Å². The van der Waals surface area contributed by atoms with Gasteiger partial charge in [0.25, 0.3) is 6.43 Å². The molecular formula is C8H4BrF3N2. The first kappa shape index (κ1) is 11.0. The lowest BCUT2D eigenvalue weighted by Gasteiger charge is -2.04. The van der Waals surface area contributed by atoms with E-state index in [4.69, 9.17) is 5.26 Å². The third kappa shape index (κ3) is 2.23. The van der Waals surface area contributed by atoms with E-state index in [9.17, 15) is 13.2 Å². The number of nitriles is 1. The number of hydrogen-bond donors (Lipinski definition) is 0. The van der Waals surface area contributed by atoms with E-state index in [-0.39, 0.29) is 16.5 Å². The average molecular weight is 265 g/mol. The first-order chi connectivity index (χ1) is 6.56. The number of hydrogen-bond acceptors (Lipinski definition) is 2. The van der Waals surface area contributed by atoms with Gasteiger partial charge in [-0.3, -0.25) is 0 Å². The third-order valence-electron chi connectivity index (χ3n) is 1.51. The molecule has 0 aliphatic carbocycles. The molecule has 0 saturated heterocycles. The minimum absolute atomic E-state index is 0.0385. The quantitative estimate of drug-likeness (QED) is 0.771. The molecule has 74 valence electrons. The van der Waals surface area contributed by atoms with Gasteiger partial charge in [-0.25, -0.2) is 13.8 Å². The van der Waals surface area contributed by atoms with Gasteiger partial charge >= 0.3 is 0 Å². The number of aromatic nitrogens is 1. The van der Waals surface area contributed by atoms with Crippen LogP contribution < -0.4 is 0 Å². The Hall–Kier alpha value is -1.09. The lowest BCUT2D eigenvalue weighted by atomic mass is 10.2. The summed E-state index contributed by atoms with van der Waals surface area (Å²) < 4.78 is 37.2. The Morgan fingerprint density at radius 3 is 2.71 bits per heavy atom. The van der Waals surface area contributed by atoms with Gasteiger partial charge in [-0.2, -0.15) is 9.65 Å².